The summed E-state index contributed by atoms with van der Waals surface area (Å²) in [6.45, 7) is 1.48. The van der Waals surface area contributed by atoms with Gasteiger partial charge in [-0.2, -0.15) is 36.2 Å². The second-order valence-electron chi connectivity index (χ2n) is 6.06. The zero-order valence-corrected chi connectivity index (χ0v) is 18.8. The van der Waals surface area contributed by atoms with Crippen molar-refractivity contribution in [2.45, 2.75) is 43.9 Å². The maximum atomic E-state index is 12.6. The first kappa shape index (κ1) is 26.9. The Bertz CT molecular complexity index is 536. The van der Waals surface area contributed by atoms with Crippen molar-refractivity contribution in [2.75, 3.05) is 29.8 Å². The van der Waals surface area contributed by atoms with Gasteiger partial charge in [-0.25, -0.2) is 4.79 Å². The lowest BCUT2D eigenvalue weighted by atomic mass is 10.1. The molecule has 0 aromatic rings. The predicted molar refractivity (Wildman–Crippen MR) is 117 cm³/mol. The molecule has 3 amide bonds. The average Bonchev–Trinajstić information content (AvgIpc) is 2.65. The number of hydrogen-bond donors (Lipinski definition) is 6. The molecule has 0 aromatic carbocycles. The molecule has 0 aliphatic rings. The lowest BCUT2D eigenvalue weighted by Gasteiger charge is -2.24. The van der Waals surface area contributed by atoms with Gasteiger partial charge in [0.2, 0.25) is 17.7 Å². The second kappa shape index (κ2) is 14.8. The highest BCUT2D eigenvalue weighted by Gasteiger charge is 2.29. The molecule has 0 fully saturated rings. The quantitative estimate of drug-likeness (QED) is 0.189. The van der Waals surface area contributed by atoms with Crippen LogP contribution < -0.4 is 21.7 Å². The van der Waals surface area contributed by atoms with Crippen LogP contribution >= 0.6 is 36.2 Å². The van der Waals surface area contributed by atoms with Crippen LogP contribution in [0.1, 0.15) is 19.8 Å². The van der Waals surface area contributed by atoms with Crippen molar-refractivity contribution >= 4 is 59.8 Å². The predicted octanol–water partition coefficient (Wildman–Crippen LogP) is -0.691. The number of rotatable bonds is 14. The number of carboxylic acids is 1. The molecule has 0 saturated carbocycles. The summed E-state index contributed by atoms with van der Waals surface area (Å²) in [5.74, 6) is -1.62. The molecule has 0 aliphatic carbocycles. The van der Waals surface area contributed by atoms with Crippen molar-refractivity contribution in [2.24, 2.45) is 5.73 Å². The number of thioether (sulfide) groups is 2. The summed E-state index contributed by atoms with van der Waals surface area (Å²) in [4.78, 5) is 48.1. The first-order chi connectivity index (χ1) is 13.2. The molecule has 0 saturated heterocycles. The Labute approximate surface area is 179 Å². The summed E-state index contributed by atoms with van der Waals surface area (Å²) in [5.41, 5.74) is 5.48. The monoisotopic (exact) mass is 454 g/mol. The fourth-order valence-electron chi connectivity index (χ4n) is 2.04. The van der Waals surface area contributed by atoms with E-state index in [0.29, 0.717) is 17.9 Å². The summed E-state index contributed by atoms with van der Waals surface area (Å²) >= 11 is 7.03. The molecule has 0 aliphatic heterocycles. The van der Waals surface area contributed by atoms with E-state index < -0.39 is 47.9 Å². The molecule has 4 atom stereocenters. The van der Waals surface area contributed by atoms with Crippen LogP contribution in [-0.2, 0) is 19.2 Å². The molecule has 12 heteroatoms. The molecule has 162 valence electrons. The van der Waals surface area contributed by atoms with Crippen molar-refractivity contribution in [3.63, 3.8) is 0 Å². The molecular formula is C16H30N4O5S3. The van der Waals surface area contributed by atoms with Crippen LogP contribution in [0.15, 0.2) is 0 Å². The van der Waals surface area contributed by atoms with E-state index in [1.807, 2.05) is 12.5 Å². The molecule has 9 nitrogen and oxygen atoms in total. The van der Waals surface area contributed by atoms with Gasteiger partial charge in [-0.05, 0) is 43.8 Å². The van der Waals surface area contributed by atoms with Gasteiger partial charge in [-0.15, -0.1) is 0 Å². The van der Waals surface area contributed by atoms with E-state index in [-0.39, 0.29) is 12.2 Å². The third-order valence-corrected chi connectivity index (χ3v) is 5.35. The first-order valence-corrected chi connectivity index (χ1v) is 12.1. The van der Waals surface area contributed by atoms with Crippen LogP contribution in [0.4, 0.5) is 0 Å². The van der Waals surface area contributed by atoms with Crippen molar-refractivity contribution in [1.82, 2.24) is 16.0 Å². The third-order valence-electron chi connectivity index (χ3n) is 3.70. The molecule has 0 radical (unpaired) electrons. The fraction of sp³-hybridized carbons (Fsp3) is 0.750. The molecule has 6 N–H and O–H groups in total. The maximum Gasteiger partial charge on any atom is 0.326 e. The molecule has 0 heterocycles. The van der Waals surface area contributed by atoms with Crippen LogP contribution in [0.2, 0.25) is 0 Å². The molecule has 28 heavy (non-hydrogen) atoms. The molecular weight excluding hydrogens is 424 g/mol. The number of carbonyl (C=O) groups is 4. The zero-order chi connectivity index (χ0) is 21.7. The van der Waals surface area contributed by atoms with Gasteiger partial charge in [0.15, 0.2) is 0 Å². The topological polar surface area (TPSA) is 151 Å². The van der Waals surface area contributed by atoms with Crippen molar-refractivity contribution in [3.05, 3.63) is 0 Å². The van der Waals surface area contributed by atoms with Crippen LogP contribution in [0.3, 0.4) is 0 Å². The molecule has 0 spiro atoms. The zero-order valence-electron chi connectivity index (χ0n) is 16.3. The summed E-state index contributed by atoms with van der Waals surface area (Å²) < 4.78 is 0. The lowest BCUT2D eigenvalue weighted by molar-refractivity contribution is -0.142. The Hall–Kier alpha value is -1.11. The van der Waals surface area contributed by atoms with E-state index in [1.54, 1.807) is 0 Å². The van der Waals surface area contributed by atoms with Gasteiger partial charge in [0.1, 0.15) is 18.1 Å². The summed E-state index contributed by atoms with van der Waals surface area (Å²) in [7, 11) is 0. The Morgan fingerprint density at radius 3 is 1.75 bits per heavy atom. The minimum atomic E-state index is -1.13. The van der Waals surface area contributed by atoms with E-state index in [2.05, 4.69) is 28.6 Å². The summed E-state index contributed by atoms with van der Waals surface area (Å²) in [5, 5.41) is 16.8. The fourth-order valence-corrected chi connectivity index (χ4v) is 3.24. The van der Waals surface area contributed by atoms with Gasteiger partial charge < -0.3 is 26.8 Å². The number of nitrogens with two attached hydrogens (primary N) is 1. The minimum Gasteiger partial charge on any atom is -0.480 e. The molecule has 0 bridgehead atoms. The number of carbonyl (C=O) groups excluding carboxylic acids is 3. The second-order valence-corrected chi connectivity index (χ2v) is 8.39. The largest absolute Gasteiger partial charge is 0.480 e. The van der Waals surface area contributed by atoms with E-state index in [1.165, 1.54) is 30.4 Å². The van der Waals surface area contributed by atoms with E-state index in [4.69, 9.17) is 5.73 Å². The molecule has 0 rings (SSSR count). The van der Waals surface area contributed by atoms with E-state index in [0.717, 1.165) is 0 Å². The average molecular weight is 455 g/mol. The lowest BCUT2D eigenvalue weighted by Crippen LogP contribution is -2.57. The Morgan fingerprint density at radius 1 is 0.893 bits per heavy atom. The standard InChI is InChI=1S/C16H30N4O5S3/c1-9(17)13(21)20-12(8-26)15(23)18-10(4-6-27-2)14(22)19-11(16(24)25)5-7-28-3/h9-12,26H,4-8,17H2,1-3H3,(H,18,23)(H,19,22)(H,20,21)(H,24,25). The van der Waals surface area contributed by atoms with Crippen LogP contribution in [0.25, 0.3) is 0 Å². The third kappa shape index (κ3) is 10.4. The SMILES string of the molecule is CSCCC(NC(=O)C(CCSC)NC(=O)C(CS)NC(=O)C(C)N)C(=O)O. The molecule has 0 aromatic heterocycles. The van der Waals surface area contributed by atoms with Crippen molar-refractivity contribution < 1.29 is 24.3 Å². The number of amides is 3. The Morgan fingerprint density at radius 2 is 1.32 bits per heavy atom. The smallest absolute Gasteiger partial charge is 0.326 e. The van der Waals surface area contributed by atoms with Gasteiger partial charge >= 0.3 is 5.97 Å². The van der Waals surface area contributed by atoms with Gasteiger partial charge in [-0.1, -0.05) is 0 Å². The number of hydrogen-bond acceptors (Lipinski definition) is 8. The summed E-state index contributed by atoms with van der Waals surface area (Å²) in [6.07, 6.45) is 4.29. The highest BCUT2D eigenvalue weighted by molar-refractivity contribution is 7.98. The molecule has 4 unspecified atom stereocenters. The van der Waals surface area contributed by atoms with E-state index >= 15 is 0 Å². The normalized spacial score (nSPS) is 15.0. The van der Waals surface area contributed by atoms with Crippen molar-refractivity contribution in [1.29, 1.82) is 0 Å². The first-order valence-electron chi connectivity index (χ1n) is 8.66. The van der Waals surface area contributed by atoms with Crippen LogP contribution in [-0.4, -0.2) is 82.7 Å². The van der Waals surface area contributed by atoms with Crippen LogP contribution in [0.5, 0.6) is 0 Å². The summed E-state index contributed by atoms with van der Waals surface area (Å²) in [6, 6.07) is -3.71. The highest BCUT2D eigenvalue weighted by atomic mass is 32.2. The maximum absolute atomic E-state index is 12.6. The van der Waals surface area contributed by atoms with Gasteiger partial charge in [-0.3, -0.25) is 14.4 Å². The minimum absolute atomic E-state index is 0.0205. The Kier molecular flexibility index (Phi) is 14.2. The van der Waals surface area contributed by atoms with Crippen LogP contribution in [0, 0.1) is 0 Å². The van der Waals surface area contributed by atoms with E-state index in [9.17, 15) is 24.3 Å². The van der Waals surface area contributed by atoms with Gasteiger partial charge in [0.25, 0.3) is 0 Å². The van der Waals surface area contributed by atoms with Crippen molar-refractivity contribution in [3.8, 4) is 0 Å². The number of thiol groups is 1. The Balaban J connectivity index is 5.11. The van der Waals surface area contributed by atoms with Gasteiger partial charge in [0.05, 0.1) is 6.04 Å². The van der Waals surface area contributed by atoms with Gasteiger partial charge in [0, 0.05) is 5.75 Å². The number of carboxylic acid groups (broad SMARTS) is 1. The number of nitrogens with one attached hydrogen (secondary N) is 3. The highest BCUT2D eigenvalue weighted by Crippen LogP contribution is 2.05. The number of aliphatic carboxylic acids is 1.